The van der Waals surface area contributed by atoms with Crippen LogP contribution in [0, 0.1) is 19.8 Å². The molecule has 1 aromatic rings. The number of carbonyl (C=O) groups is 1. The van der Waals surface area contributed by atoms with Crippen LogP contribution in [0.5, 0.6) is 0 Å². The Labute approximate surface area is 131 Å². The Morgan fingerprint density at radius 3 is 2.71 bits per heavy atom. The van der Waals surface area contributed by atoms with Crippen LogP contribution in [-0.4, -0.2) is 29.4 Å². The molecule has 0 spiro atoms. The molecular weight excluding hydrogens is 280 g/mol. The van der Waals surface area contributed by atoms with Crippen LogP contribution in [0.3, 0.4) is 0 Å². The molecule has 1 amide bonds. The number of carbonyl (C=O) groups excluding carboxylic acids is 1. The predicted molar refractivity (Wildman–Crippen MR) is 89.0 cm³/mol. The second kappa shape index (κ2) is 6.09. The van der Waals surface area contributed by atoms with Crippen molar-refractivity contribution in [1.82, 2.24) is 4.90 Å². The van der Waals surface area contributed by atoms with Gasteiger partial charge in [0.2, 0.25) is 5.91 Å². The summed E-state index contributed by atoms with van der Waals surface area (Å²) in [6.45, 7) is 7.55. The number of anilines is 1. The monoisotopic (exact) mass is 306 g/mol. The number of nitrogens with one attached hydrogen (secondary N) is 1. The van der Waals surface area contributed by atoms with Crippen LogP contribution in [0.2, 0.25) is 0 Å². The number of aryl methyl sites for hydroxylation is 2. The fourth-order valence-corrected chi connectivity index (χ4v) is 4.34. The van der Waals surface area contributed by atoms with Crippen molar-refractivity contribution in [2.45, 2.75) is 65.0 Å². The standard InChI is InChI=1S/C17H26N2OS/c1-11-10-21-13(3)16(11)18-17(20)15-6-4-5-9-19(15)12(2)14-7-8-14/h10,12,14-15H,4-9H2,1-3H3,(H,18,20)/t12?,15-/m0/s1. The highest BCUT2D eigenvalue weighted by molar-refractivity contribution is 7.10. The maximum absolute atomic E-state index is 12.8. The molecule has 1 aromatic heterocycles. The van der Waals surface area contributed by atoms with Crippen molar-refractivity contribution in [3.8, 4) is 0 Å². The lowest BCUT2D eigenvalue weighted by atomic mass is 9.97. The van der Waals surface area contributed by atoms with Crippen LogP contribution < -0.4 is 5.32 Å². The molecule has 1 aliphatic heterocycles. The minimum Gasteiger partial charge on any atom is -0.323 e. The highest BCUT2D eigenvalue weighted by Crippen LogP contribution is 2.37. The molecule has 1 saturated carbocycles. The molecule has 2 fully saturated rings. The van der Waals surface area contributed by atoms with Crippen molar-refractivity contribution in [2.24, 2.45) is 5.92 Å². The minimum atomic E-state index is 0.0630. The minimum absolute atomic E-state index is 0.0630. The van der Waals surface area contributed by atoms with Crippen molar-refractivity contribution in [1.29, 1.82) is 0 Å². The zero-order valence-corrected chi connectivity index (χ0v) is 14.1. The van der Waals surface area contributed by atoms with E-state index in [4.69, 9.17) is 0 Å². The maximum atomic E-state index is 12.8. The average Bonchev–Trinajstić information content (AvgIpc) is 3.29. The molecule has 21 heavy (non-hydrogen) atoms. The van der Waals surface area contributed by atoms with E-state index in [1.54, 1.807) is 11.3 Å². The van der Waals surface area contributed by atoms with Crippen LogP contribution in [-0.2, 0) is 4.79 Å². The van der Waals surface area contributed by atoms with Gasteiger partial charge < -0.3 is 5.32 Å². The third-order valence-electron chi connectivity index (χ3n) is 5.08. The number of likely N-dealkylation sites (tertiary alicyclic amines) is 1. The van der Waals surface area contributed by atoms with Crippen molar-refractivity contribution in [2.75, 3.05) is 11.9 Å². The fraction of sp³-hybridized carbons (Fsp3) is 0.706. The summed E-state index contributed by atoms with van der Waals surface area (Å²) in [5, 5.41) is 5.32. The molecule has 0 bridgehead atoms. The molecule has 1 aliphatic carbocycles. The Bertz CT molecular complexity index is 501. The molecule has 2 atom stereocenters. The Morgan fingerprint density at radius 2 is 2.10 bits per heavy atom. The van der Waals surface area contributed by atoms with Gasteiger partial charge >= 0.3 is 0 Å². The van der Waals surface area contributed by atoms with Gasteiger partial charge in [-0.3, -0.25) is 9.69 Å². The second-order valence-corrected chi connectivity index (χ2v) is 7.75. The van der Waals surface area contributed by atoms with Gasteiger partial charge in [0.05, 0.1) is 11.7 Å². The van der Waals surface area contributed by atoms with E-state index in [0.29, 0.717) is 6.04 Å². The molecule has 2 heterocycles. The normalized spacial score (nSPS) is 24.8. The molecular formula is C17H26N2OS. The summed E-state index contributed by atoms with van der Waals surface area (Å²) in [6.07, 6.45) is 6.10. The summed E-state index contributed by atoms with van der Waals surface area (Å²) in [4.78, 5) is 16.5. The van der Waals surface area contributed by atoms with E-state index in [9.17, 15) is 4.79 Å². The van der Waals surface area contributed by atoms with Crippen LogP contribution >= 0.6 is 11.3 Å². The number of nitrogens with zero attached hydrogens (tertiary/aromatic N) is 1. The SMILES string of the molecule is Cc1csc(C)c1NC(=O)[C@@H]1CCCCN1C(C)C1CC1. The number of piperidine rings is 1. The maximum Gasteiger partial charge on any atom is 0.241 e. The van der Waals surface area contributed by atoms with Gasteiger partial charge in [-0.2, -0.15) is 0 Å². The fourth-order valence-electron chi connectivity index (χ4n) is 3.54. The molecule has 0 aromatic carbocycles. The molecule has 0 radical (unpaired) electrons. The Hall–Kier alpha value is -0.870. The average molecular weight is 306 g/mol. The molecule has 4 heteroatoms. The van der Waals surface area contributed by atoms with Crippen molar-refractivity contribution < 1.29 is 4.79 Å². The van der Waals surface area contributed by atoms with E-state index in [2.05, 4.69) is 36.4 Å². The first-order chi connectivity index (χ1) is 10.1. The number of amides is 1. The summed E-state index contributed by atoms with van der Waals surface area (Å²) in [6, 6.07) is 0.624. The van der Waals surface area contributed by atoms with Gasteiger partial charge in [0.25, 0.3) is 0 Å². The molecule has 1 N–H and O–H groups in total. The zero-order valence-electron chi connectivity index (χ0n) is 13.3. The molecule has 3 nitrogen and oxygen atoms in total. The number of hydrogen-bond donors (Lipinski definition) is 1. The van der Waals surface area contributed by atoms with Crippen LogP contribution in [0.4, 0.5) is 5.69 Å². The van der Waals surface area contributed by atoms with Gasteiger partial charge in [0, 0.05) is 10.9 Å². The smallest absolute Gasteiger partial charge is 0.241 e. The predicted octanol–water partition coefficient (Wildman–Crippen LogP) is 3.96. The van der Waals surface area contributed by atoms with Gasteiger partial charge in [0.15, 0.2) is 0 Å². The van der Waals surface area contributed by atoms with Crippen LogP contribution in [0.25, 0.3) is 0 Å². The first kappa shape index (κ1) is 15.0. The molecule has 1 unspecified atom stereocenters. The lowest BCUT2D eigenvalue weighted by Gasteiger charge is -2.39. The van der Waals surface area contributed by atoms with Gasteiger partial charge in [0.1, 0.15) is 0 Å². The van der Waals surface area contributed by atoms with Crippen LogP contribution in [0.1, 0.15) is 49.5 Å². The van der Waals surface area contributed by atoms with Crippen molar-refractivity contribution >= 4 is 22.9 Å². The first-order valence-electron chi connectivity index (χ1n) is 8.19. The molecule has 2 aliphatic rings. The Morgan fingerprint density at radius 1 is 1.33 bits per heavy atom. The van der Waals surface area contributed by atoms with E-state index in [1.807, 2.05) is 0 Å². The van der Waals surface area contributed by atoms with Crippen LogP contribution in [0.15, 0.2) is 5.38 Å². The third-order valence-corrected chi connectivity index (χ3v) is 6.11. The van der Waals surface area contributed by atoms with E-state index >= 15 is 0 Å². The first-order valence-corrected chi connectivity index (χ1v) is 9.07. The largest absolute Gasteiger partial charge is 0.323 e. The van der Waals surface area contributed by atoms with E-state index < -0.39 is 0 Å². The van der Waals surface area contributed by atoms with Crippen molar-refractivity contribution in [3.63, 3.8) is 0 Å². The quantitative estimate of drug-likeness (QED) is 0.913. The highest BCUT2D eigenvalue weighted by Gasteiger charge is 2.38. The summed E-state index contributed by atoms with van der Waals surface area (Å²) < 4.78 is 0. The number of hydrogen-bond acceptors (Lipinski definition) is 3. The topological polar surface area (TPSA) is 32.3 Å². The molecule has 1 saturated heterocycles. The van der Waals surface area contributed by atoms with Gasteiger partial charge in [-0.25, -0.2) is 0 Å². The van der Waals surface area contributed by atoms with E-state index in [0.717, 1.165) is 24.6 Å². The molecule has 116 valence electrons. The summed E-state index contributed by atoms with van der Waals surface area (Å²) in [5.41, 5.74) is 2.22. The summed E-state index contributed by atoms with van der Waals surface area (Å²) in [5.74, 6) is 1.02. The third kappa shape index (κ3) is 3.16. The molecule has 3 rings (SSSR count). The van der Waals surface area contributed by atoms with Gasteiger partial charge in [-0.15, -0.1) is 11.3 Å². The lowest BCUT2D eigenvalue weighted by molar-refractivity contribution is -0.123. The van der Waals surface area contributed by atoms with E-state index in [1.165, 1.54) is 36.1 Å². The Balaban J connectivity index is 1.72. The zero-order chi connectivity index (χ0) is 15.0. The number of thiophene rings is 1. The van der Waals surface area contributed by atoms with Crippen molar-refractivity contribution in [3.05, 3.63) is 15.8 Å². The Kier molecular flexibility index (Phi) is 4.36. The van der Waals surface area contributed by atoms with Gasteiger partial charge in [-0.05, 0) is 69.9 Å². The second-order valence-electron chi connectivity index (χ2n) is 6.67. The van der Waals surface area contributed by atoms with E-state index in [-0.39, 0.29) is 11.9 Å². The summed E-state index contributed by atoms with van der Waals surface area (Å²) in [7, 11) is 0. The summed E-state index contributed by atoms with van der Waals surface area (Å²) >= 11 is 1.71. The van der Waals surface area contributed by atoms with Gasteiger partial charge in [-0.1, -0.05) is 6.42 Å². The lowest BCUT2D eigenvalue weighted by Crippen LogP contribution is -2.51. The number of rotatable bonds is 4. The highest BCUT2D eigenvalue weighted by atomic mass is 32.1.